The predicted octanol–water partition coefficient (Wildman–Crippen LogP) is 1.45. The van der Waals surface area contributed by atoms with Gasteiger partial charge in [0.25, 0.3) is 0 Å². The first-order valence-electron chi connectivity index (χ1n) is 3.79. The lowest BCUT2D eigenvalue weighted by Crippen LogP contribution is -2.02. The molecule has 13 heavy (non-hydrogen) atoms. The Morgan fingerprint density at radius 2 is 2.38 bits per heavy atom. The topological polar surface area (TPSA) is 38.3 Å². The Balaban J connectivity index is 2.76. The van der Waals surface area contributed by atoms with E-state index in [9.17, 15) is 9.18 Å². The molecule has 0 spiro atoms. The van der Waals surface area contributed by atoms with E-state index in [1.165, 1.54) is 19.2 Å². The Bertz CT molecular complexity index is 302. The Morgan fingerprint density at radius 1 is 1.62 bits per heavy atom. The van der Waals surface area contributed by atoms with Crippen molar-refractivity contribution in [3.05, 3.63) is 24.0 Å². The lowest BCUT2D eigenvalue weighted by molar-refractivity contribution is -0.106. The molecule has 1 aromatic rings. The van der Waals surface area contributed by atoms with Crippen LogP contribution in [0.3, 0.4) is 0 Å². The Morgan fingerprint density at radius 3 is 2.92 bits per heavy atom. The monoisotopic (exact) mass is 183 g/mol. The molecule has 0 atom stereocenters. The molecule has 0 aliphatic rings. The second-order valence-corrected chi connectivity index (χ2v) is 2.40. The summed E-state index contributed by atoms with van der Waals surface area (Å²) in [5, 5.41) is 2.72. The quantitative estimate of drug-likeness (QED) is 0.718. The lowest BCUT2D eigenvalue weighted by atomic mass is 10.3. The van der Waals surface area contributed by atoms with Crippen LogP contribution in [0.5, 0.6) is 5.75 Å². The normalized spacial score (nSPS) is 9.38. The van der Waals surface area contributed by atoms with Crippen molar-refractivity contribution in [1.29, 1.82) is 0 Å². The van der Waals surface area contributed by atoms with E-state index in [1.54, 1.807) is 6.07 Å². The zero-order chi connectivity index (χ0) is 9.68. The van der Waals surface area contributed by atoms with Gasteiger partial charge in [-0.3, -0.25) is 0 Å². The third-order valence-corrected chi connectivity index (χ3v) is 1.54. The largest absolute Gasteiger partial charge is 0.494 e. The number of ether oxygens (including phenoxy) is 1. The Labute approximate surface area is 75.5 Å². The predicted molar refractivity (Wildman–Crippen MR) is 47.5 cm³/mol. The first-order chi connectivity index (χ1) is 6.27. The molecule has 4 heteroatoms. The maximum absolute atomic E-state index is 13.0. The van der Waals surface area contributed by atoms with Crippen molar-refractivity contribution in [2.24, 2.45) is 0 Å². The maximum Gasteiger partial charge on any atom is 0.167 e. The van der Waals surface area contributed by atoms with Crippen LogP contribution in [0, 0.1) is 5.82 Å². The number of hydrogen-bond acceptors (Lipinski definition) is 3. The number of nitrogens with one attached hydrogen (secondary N) is 1. The van der Waals surface area contributed by atoms with E-state index < -0.39 is 5.82 Å². The van der Waals surface area contributed by atoms with Crippen LogP contribution in [-0.2, 0) is 4.79 Å². The van der Waals surface area contributed by atoms with Gasteiger partial charge in [-0.25, -0.2) is 4.39 Å². The molecule has 0 amide bonds. The van der Waals surface area contributed by atoms with Crippen LogP contribution in [0.4, 0.5) is 10.1 Å². The number of hydrogen-bond donors (Lipinski definition) is 1. The minimum Gasteiger partial charge on any atom is -0.494 e. The zero-order valence-corrected chi connectivity index (χ0v) is 7.21. The molecule has 0 saturated heterocycles. The van der Waals surface area contributed by atoms with Crippen LogP contribution in [0.2, 0.25) is 0 Å². The summed E-state index contributed by atoms with van der Waals surface area (Å²) < 4.78 is 17.8. The Hall–Kier alpha value is -1.58. The van der Waals surface area contributed by atoms with Crippen molar-refractivity contribution in [3.63, 3.8) is 0 Å². The standard InChI is InChI=1S/C9H10FNO2/c1-13-9-3-2-7(6-8(9)10)11-4-5-12/h2-3,5-6,11H,4H2,1H3. The van der Waals surface area contributed by atoms with Gasteiger partial charge in [-0.2, -0.15) is 0 Å². The fourth-order valence-electron chi connectivity index (χ4n) is 0.936. The number of rotatable bonds is 4. The minimum absolute atomic E-state index is 0.172. The second kappa shape index (κ2) is 4.45. The first kappa shape index (κ1) is 9.51. The summed E-state index contributed by atoms with van der Waals surface area (Å²) in [5.74, 6) is -0.255. The van der Waals surface area contributed by atoms with Crippen molar-refractivity contribution in [2.75, 3.05) is 19.0 Å². The van der Waals surface area contributed by atoms with Gasteiger partial charge in [-0.05, 0) is 12.1 Å². The number of carbonyl (C=O) groups excluding carboxylic acids is 1. The molecule has 70 valence electrons. The molecular weight excluding hydrogens is 173 g/mol. The molecule has 0 aliphatic heterocycles. The molecule has 1 N–H and O–H groups in total. The number of carbonyl (C=O) groups is 1. The van der Waals surface area contributed by atoms with Gasteiger partial charge in [0.1, 0.15) is 6.29 Å². The zero-order valence-electron chi connectivity index (χ0n) is 7.21. The van der Waals surface area contributed by atoms with E-state index in [2.05, 4.69) is 5.32 Å². The fraction of sp³-hybridized carbons (Fsp3) is 0.222. The summed E-state index contributed by atoms with van der Waals surface area (Å²) in [7, 11) is 1.40. The van der Waals surface area contributed by atoms with E-state index >= 15 is 0 Å². The van der Waals surface area contributed by atoms with Crippen LogP contribution in [0.25, 0.3) is 0 Å². The van der Waals surface area contributed by atoms with Gasteiger partial charge in [0, 0.05) is 11.8 Å². The third kappa shape index (κ3) is 2.43. The van der Waals surface area contributed by atoms with E-state index in [4.69, 9.17) is 4.74 Å². The van der Waals surface area contributed by atoms with Crippen LogP contribution < -0.4 is 10.1 Å². The highest BCUT2D eigenvalue weighted by atomic mass is 19.1. The van der Waals surface area contributed by atoms with Crippen LogP contribution in [0.1, 0.15) is 0 Å². The molecule has 0 fully saturated rings. The highest BCUT2D eigenvalue weighted by Crippen LogP contribution is 2.20. The van der Waals surface area contributed by atoms with Crippen molar-refractivity contribution in [1.82, 2.24) is 0 Å². The van der Waals surface area contributed by atoms with E-state index in [0.717, 1.165) is 0 Å². The summed E-state index contributed by atoms with van der Waals surface area (Å²) in [6, 6.07) is 4.43. The van der Waals surface area contributed by atoms with Gasteiger partial charge in [0.15, 0.2) is 11.6 Å². The average molecular weight is 183 g/mol. The van der Waals surface area contributed by atoms with E-state index in [-0.39, 0.29) is 12.3 Å². The van der Waals surface area contributed by atoms with Gasteiger partial charge in [-0.15, -0.1) is 0 Å². The molecule has 0 aromatic heterocycles. The van der Waals surface area contributed by atoms with Gasteiger partial charge < -0.3 is 14.8 Å². The first-order valence-corrected chi connectivity index (χ1v) is 3.79. The molecule has 3 nitrogen and oxygen atoms in total. The number of anilines is 1. The van der Waals surface area contributed by atoms with E-state index in [1.807, 2.05) is 0 Å². The highest BCUT2D eigenvalue weighted by molar-refractivity contribution is 5.59. The fourth-order valence-corrected chi connectivity index (χ4v) is 0.936. The van der Waals surface area contributed by atoms with Crippen molar-refractivity contribution in [2.45, 2.75) is 0 Å². The molecule has 1 rings (SSSR count). The summed E-state index contributed by atoms with van der Waals surface area (Å²) >= 11 is 0. The summed E-state index contributed by atoms with van der Waals surface area (Å²) in [6.07, 6.45) is 0.710. The summed E-state index contributed by atoms with van der Waals surface area (Å²) in [4.78, 5) is 10.0. The smallest absolute Gasteiger partial charge is 0.167 e. The summed E-state index contributed by atoms with van der Waals surface area (Å²) in [6.45, 7) is 0.172. The molecule has 0 heterocycles. The molecule has 0 unspecified atom stereocenters. The van der Waals surface area contributed by atoms with Crippen molar-refractivity contribution < 1.29 is 13.9 Å². The highest BCUT2D eigenvalue weighted by Gasteiger charge is 2.01. The number of aldehydes is 1. The van der Waals surface area contributed by atoms with Gasteiger partial charge >= 0.3 is 0 Å². The Kier molecular flexibility index (Phi) is 3.25. The number of benzene rings is 1. The minimum atomic E-state index is -0.446. The molecule has 0 aliphatic carbocycles. The lowest BCUT2D eigenvalue weighted by Gasteiger charge is -2.05. The molecule has 1 aromatic carbocycles. The van der Waals surface area contributed by atoms with Crippen molar-refractivity contribution >= 4 is 12.0 Å². The van der Waals surface area contributed by atoms with Crippen LogP contribution in [-0.4, -0.2) is 19.9 Å². The third-order valence-electron chi connectivity index (χ3n) is 1.54. The van der Waals surface area contributed by atoms with Gasteiger partial charge in [0.2, 0.25) is 0 Å². The van der Waals surface area contributed by atoms with Crippen LogP contribution >= 0.6 is 0 Å². The van der Waals surface area contributed by atoms with Crippen LogP contribution in [0.15, 0.2) is 18.2 Å². The van der Waals surface area contributed by atoms with Gasteiger partial charge in [0.05, 0.1) is 13.7 Å². The average Bonchev–Trinajstić information content (AvgIpc) is 2.15. The second-order valence-electron chi connectivity index (χ2n) is 2.40. The maximum atomic E-state index is 13.0. The number of methoxy groups -OCH3 is 1. The molecular formula is C9H10FNO2. The van der Waals surface area contributed by atoms with Gasteiger partial charge in [-0.1, -0.05) is 0 Å². The molecule has 0 saturated carbocycles. The summed E-state index contributed by atoms with van der Waals surface area (Å²) in [5.41, 5.74) is 0.561. The number of halogens is 1. The molecule has 0 bridgehead atoms. The molecule has 0 radical (unpaired) electrons. The SMILES string of the molecule is COc1ccc(NCC=O)cc1F. The van der Waals surface area contributed by atoms with E-state index in [0.29, 0.717) is 12.0 Å². The van der Waals surface area contributed by atoms with Crippen molar-refractivity contribution in [3.8, 4) is 5.75 Å².